The number of ketones is 1. The number of carbonyl (C=O) groups is 2. The molecule has 1 amide bonds. The van der Waals surface area contributed by atoms with Gasteiger partial charge in [0.1, 0.15) is 5.78 Å². The first-order valence-electron chi connectivity index (χ1n) is 7.41. The molecule has 0 heterocycles. The zero-order chi connectivity index (χ0) is 15.5. The first kappa shape index (κ1) is 22.1. The van der Waals surface area contributed by atoms with Crippen molar-refractivity contribution < 1.29 is 72.5 Å². The molecule has 0 atom stereocenters. The number of amides is 1. The van der Waals surface area contributed by atoms with E-state index in [0.29, 0.717) is 38.3 Å². The standard InChI is InChI=1S/C17H25NO3.Rb/c1-14(2)11-16(19)9-6-10-21-13-17(20)18-12-15-7-4-3-5-8-15;/h3-5,7-8,14H,6,9-13H2,1-2H3,(H,18,20);/q;+1/p-1. The van der Waals surface area contributed by atoms with Crippen molar-refractivity contribution in [1.82, 2.24) is 0 Å². The van der Waals surface area contributed by atoms with Gasteiger partial charge in [0.05, 0.1) is 12.5 Å². The Bertz CT molecular complexity index is 435. The van der Waals surface area contributed by atoms with Crippen molar-refractivity contribution in [3.8, 4) is 0 Å². The van der Waals surface area contributed by atoms with Gasteiger partial charge in [-0.3, -0.25) is 4.79 Å². The summed E-state index contributed by atoms with van der Waals surface area (Å²) in [6, 6.07) is 9.62. The largest absolute Gasteiger partial charge is 1.00 e. The van der Waals surface area contributed by atoms with E-state index in [1.54, 1.807) is 0 Å². The molecule has 5 heteroatoms. The van der Waals surface area contributed by atoms with E-state index < -0.39 is 0 Å². The Kier molecular flexibility index (Phi) is 13.6. The van der Waals surface area contributed by atoms with Gasteiger partial charge in [-0.1, -0.05) is 49.7 Å². The quantitative estimate of drug-likeness (QED) is 0.560. The zero-order valence-corrected chi connectivity index (χ0v) is 18.8. The number of nitrogens with zero attached hydrogens (tertiary/aromatic N) is 1. The van der Waals surface area contributed by atoms with Gasteiger partial charge in [-0.05, 0) is 12.3 Å². The molecule has 1 aromatic rings. The fourth-order valence-corrected chi connectivity index (χ4v) is 1.90. The third-order valence-corrected chi connectivity index (χ3v) is 2.89. The van der Waals surface area contributed by atoms with Crippen LogP contribution >= 0.6 is 0 Å². The smallest absolute Gasteiger partial charge is 0.648 e. The van der Waals surface area contributed by atoms with E-state index in [0.717, 1.165) is 5.56 Å². The summed E-state index contributed by atoms with van der Waals surface area (Å²) in [5, 5.41) is 3.94. The zero-order valence-electron chi connectivity index (χ0n) is 13.9. The molecule has 0 aliphatic carbocycles. The molecular formula is C17H24NO3Rb. The monoisotopic (exact) mass is 375 g/mol. The van der Waals surface area contributed by atoms with Crippen molar-refractivity contribution in [2.45, 2.75) is 39.7 Å². The summed E-state index contributed by atoms with van der Waals surface area (Å²) in [4.78, 5) is 23.0. The van der Waals surface area contributed by atoms with Crippen LogP contribution in [0.1, 0.15) is 38.7 Å². The topological polar surface area (TPSA) is 57.5 Å². The van der Waals surface area contributed by atoms with Gasteiger partial charge in [0.2, 0.25) is 0 Å². The van der Waals surface area contributed by atoms with Gasteiger partial charge in [0, 0.05) is 19.4 Å². The first-order valence-corrected chi connectivity index (χ1v) is 7.41. The van der Waals surface area contributed by atoms with Crippen LogP contribution in [0.3, 0.4) is 0 Å². The van der Waals surface area contributed by atoms with Crippen LogP contribution in [0.5, 0.6) is 0 Å². The van der Waals surface area contributed by atoms with Gasteiger partial charge in [-0.15, -0.1) is 6.54 Å². The summed E-state index contributed by atoms with van der Waals surface area (Å²) < 4.78 is 5.24. The minimum atomic E-state index is -0.257. The SMILES string of the molecule is CC(C)CC(=O)CCCOCC(=O)[N-]Cc1ccccc1.[Rb+]. The minimum Gasteiger partial charge on any atom is -0.648 e. The van der Waals surface area contributed by atoms with Gasteiger partial charge in [0.25, 0.3) is 0 Å². The maximum atomic E-state index is 11.5. The Labute approximate surface area is 182 Å². The van der Waals surface area contributed by atoms with Crippen molar-refractivity contribution in [1.29, 1.82) is 0 Å². The Morgan fingerprint density at radius 3 is 2.50 bits per heavy atom. The Balaban J connectivity index is 0.00000441. The Hall–Kier alpha value is 0.125. The van der Waals surface area contributed by atoms with Crippen molar-refractivity contribution >= 4 is 11.7 Å². The molecule has 0 N–H and O–H groups in total. The molecule has 0 spiro atoms. The fourth-order valence-electron chi connectivity index (χ4n) is 1.90. The van der Waals surface area contributed by atoms with Gasteiger partial charge in [-0.25, -0.2) is 0 Å². The van der Waals surface area contributed by atoms with Gasteiger partial charge in [0.15, 0.2) is 0 Å². The van der Waals surface area contributed by atoms with Gasteiger partial charge >= 0.3 is 58.2 Å². The van der Waals surface area contributed by atoms with Crippen LogP contribution in [0.2, 0.25) is 0 Å². The van der Waals surface area contributed by atoms with E-state index in [2.05, 4.69) is 5.32 Å². The molecule has 116 valence electrons. The molecule has 0 unspecified atom stereocenters. The molecule has 22 heavy (non-hydrogen) atoms. The molecular weight excluding hydrogens is 352 g/mol. The predicted molar refractivity (Wildman–Crippen MR) is 83.0 cm³/mol. The van der Waals surface area contributed by atoms with E-state index >= 15 is 0 Å². The van der Waals surface area contributed by atoms with Crippen molar-refractivity contribution in [2.24, 2.45) is 5.92 Å². The van der Waals surface area contributed by atoms with Crippen LogP contribution in [-0.2, 0) is 20.9 Å². The summed E-state index contributed by atoms with van der Waals surface area (Å²) in [6.07, 6.45) is 1.80. The van der Waals surface area contributed by atoms with Crippen LogP contribution in [0, 0.1) is 5.92 Å². The average molecular weight is 376 g/mol. The molecule has 0 radical (unpaired) electrons. The Morgan fingerprint density at radius 1 is 1.18 bits per heavy atom. The third kappa shape index (κ3) is 11.7. The van der Waals surface area contributed by atoms with Crippen LogP contribution in [-0.4, -0.2) is 24.9 Å². The molecule has 0 saturated carbocycles. The number of Topliss-reactive ketones (excluding diaryl/α,β-unsaturated/α-hetero) is 1. The van der Waals surface area contributed by atoms with Gasteiger partial charge < -0.3 is 14.8 Å². The summed E-state index contributed by atoms with van der Waals surface area (Å²) in [7, 11) is 0. The molecule has 0 aromatic heterocycles. The maximum absolute atomic E-state index is 11.5. The number of hydrogen-bond acceptors (Lipinski definition) is 3. The van der Waals surface area contributed by atoms with E-state index in [1.807, 2.05) is 44.2 Å². The molecule has 0 aliphatic rings. The number of benzene rings is 1. The Morgan fingerprint density at radius 2 is 1.86 bits per heavy atom. The predicted octanol–water partition coefficient (Wildman–Crippen LogP) is 0.503. The minimum absolute atomic E-state index is 0. The van der Waals surface area contributed by atoms with E-state index in [9.17, 15) is 9.59 Å². The summed E-state index contributed by atoms with van der Waals surface area (Å²) >= 11 is 0. The molecule has 0 aliphatic heterocycles. The second-order valence-corrected chi connectivity index (χ2v) is 5.49. The number of carbonyl (C=O) groups excluding carboxylic acids is 2. The van der Waals surface area contributed by atoms with Crippen molar-refractivity contribution in [3.05, 3.63) is 41.2 Å². The molecule has 4 nitrogen and oxygen atoms in total. The molecule has 0 fully saturated rings. The number of rotatable bonds is 10. The number of ether oxygens (including phenoxy) is 1. The van der Waals surface area contributed by atoms with Crippen LogP contribution in [0.15, 0.2) is 30.3 Å². The average Bonchev–Trinajstić information content (AvgIpc) is 2.45. The normalized spacial score (nSPS) is 10.1. The van der Waals surface area contributed by atoms with Crippen molar-refractivity contribution in [2.75, 3.05) is 13.2 Å². The van der Waals surface area contributed by atoms with Crippen molar-refractivity contribution in [3.63, 3.8) is 0 Å². The summed E-state index contributed by atoms with van der Waals surface area (Å²) in [6.45, 7) is 4.86. The molecule has 1 aromatic carbocycles. The third-order valence-electron chi connectivity index (χ3n) is 2.89. The molecule has 1 rings (SSSR count). The van der Waals surface area contributed by atoms with Crippen LogP contribution in [0.25, 0.3) is 5.32 Å². The second kappa shape index (κ2) is 13.6. The molecule has 0 saturated heterocycles. The van der Waals surface area contributed by atoms with Crippen LogP contribution < -0.4 is 58.2 Å². The van der Waals surface area contributed by atoms with Crippen LogP contribution in [0.4, 0.5) is 0 Å². The maximum Gasteiger partial charge on any atom is 1.00 e. The fraction of sp³-hybridized carbons (Fsp3) is 0.529. The van der Waals surface area contributed by atoms with E-state index in [4.69, 9.17) is 4.74 Å². The number of hydrogen-bond donors (Lipinski definition) is 0. The van der Waals surface area contributed by atoms with E-state index in [-0.39, 0.29) is 76.5 Å². The molecule has 0 bridgehead atoms. The van der Waals surface area contributed by atoms with E-state index in [1.165, 1.54) is 0 Å². The summed E-state index contributed by atoms with van der Waals surface area (Å²) in [5.41, 5.74) is 1.00. The second-order valence-electron chi connectivity index (χ2n) is 5.49. The van der Waals surface area contributed by atoms with Gasteiger partial charge in [-0.2, -0.15) is 0 Å². The summed E-state index contributed by atoms with van der Waals surface area (Å²) in [5.74, 6) is 0.401. The first-order chi connectivity index (χ1) is 10.1.